The molecular weight excluding hydrogens is 196 g/mol. The van der Waals surface area contributed by atoms with E-state index in [4.69, 9.17) is 5.26 Å². The highest BCUT2D eigenvalue weighted by atomic mass is 32.2. The first-order valence-electron chi connectivity index (χ1n) is 4.10. The first-order chi connectivity index (χ1) is 6.60. The maximum absolute atomic E-state index is 9.00. The van der Waals surface area contributed by atoms with E-state index in [-0.39, 0.29) is 0 Å². The van der Waals surface area contributed by atoms with E-state index < -0.39 is 0 Å². The molecular formula is C9H12N4S. The zero-order valence-electron chi connectivity index (χ0n) is 8.70. The summed E-state index contributed by atoms with van der Waals surface area (Å²) in [6.07, 6.45) is 1.90. The second-order valence-electron chi connectivity index (χ2n) is 2.98. The Morgan fingerprint density at radius 1 is 1.36 bits per heavy atom. The van der Waals surface area contributed by atoms with Crippen molar-refractivity contribution in [1.82, 2.24) is 9.97 Å². The van der Waals surface area contributed by atoms with Crippen molar-refractivity contribution in [3.8, 4) is 6.07 Å². The van der Waals surface area contributed by atoms with Crippen LogP contribution < -0.4 is 4.90 Å². The second kappa shape index (κ2) is 4.29. The lowest BCUT2D eigenvalue weighted by Gasteiger charge is -2.14. The van der Waals surface area contributed by atoms with Gasteiger partial charge in [-0.1, -0.05) is 0 Å². The summed E-state index contributed by atoms with van der Waals surface area (Å²) < 4.78 is 0. The summed E-state index contributed by atoms with van der Waals surface area (Å²) in [6, 6.07) is 2.14. The standard InChI is InChI=1S/C9H12N4S/c1-6-11-8(13(2)3)7(5-10)9(12-6)14-4/h1-4H3. The Kier molecular flexibility index (Phi) is 3.31. The second-order valence-corrected chi connectivity index (χ2v) is 3.78. The quantitative estimate of drug-likeness (QED) is 0.544. The van der Waals surface area contributed by atoms with Crippen LogP contribution in [0.4, 0.5) is 5.82 Å². The van der Waals surface area contributed by atoms with Crippen LogP contribution in [-0.2, 0) is 0 Å². The molecule has 74 valence electrons. The molecule has 0 unspecified atom stereocenters. The average molecular weight is 208 g/mol. The van der Waals surface area contributed by atoms with Crippen molar-refractivity contribution < 1.29 is 0 Å². The van der Waals surface area contributed by atoms with Crippen LogP contribution in [0.3, 0.4) is 0 Å². The fourth-order valence-electron chi connectivity index (χ4n) is 1.10. The van der Waals surface area contributed by atoms with E-state index in [2.05, 4.69) is 16.0 Å². The smallest absolute Gasteiger partial charge is 0.150 e. The Hall–Kier alpha value is -1.28. The molecule has 0 saturated heterocycles. The topological polar surface area (TPSA) is 52.8 Å². The summed E-state index contributed by atoms with van der Waals surface area (Å²) in [5.74, 6) is 1.38. The van der Waals surface area contributed by atoms with Crippen molar-refractivity contribution >= 4 is 17.6 Å². The molecule has 0 fully saturated rings. The predicted octanol–water partition coefficient (Wildman–Crippen LogP) is 1.44. The van der Waals surface area contributed by atoms with Gasteiger partial charge in [0.05, 0.1) is 0 Å². The van der Waals surface area contributed by atoms with Gasteiger partial charge in [-0.2, -0.15) is 5.26 Å². The predicted molar refractivity (Wildman–Crippen MR) is 57.6 cm³/mol. The number of aryl methyl sites for hydroxylation is 1. The summed E-state index contributed by atoms with van der Waals surface area (Å²) >= 11 is 1.47. The zero-order chi connectivity index (χ0) is 10.7. The van der Waals surface area contributed by atoms with Crippen LogP contribution >= 0.6 is 11.8 Å². The fourth-order valence-corrected chi connectivity index (χ4v) is 1.67. The van der Waals surface area contributed by atoms with Crippen LogP contribution in [0.2, 0.25) is 0 Å². The monoisotopic (exact) mass is 208 g/mol. The minimum Gasteiger partial charge on any atom is -0.361 e. The average Bonchev–Trinajstić information content (AvgIpc) is 2.16. The summed E-state index contributed by atoms with van der Waals surface area (Å²) in [5.41, 5.74) is 0.549. The lowest BCUT2D eigenvalue weighted by Crippen LogP contribution is -2.14. The maximum atomic E-state index is 9.00. The van der Waals surface area contributed by atoms with Crippen LogP contribution in [0.15, 0.2) is 5.03 Å². The van der Waals surface area contributed by atoms with E-state index in [1.807, 2.05) is 32.2 Å². The van der Waals surface area contributed by atoms with Gasteiger partial charge in [-0.15, -0.1) is 11.8 Å². The summed E-state index contributed by atoms with van der Waals surface area (Å²) in [6.45, 7) is 1.83. The van der Waals surface area contributed by atoms with Crippen molar-refractivity contribution in [2.45, 2.75) is 11.9 Å². The highest BCUT2D eigenvalue weighted by Gasteiger charge is 2.13. The van der Waals surface area contributed by atoms with Gasteiger partial charge in [0, 0.05) is 14.1 Å². The molecule has 4 nitrogen and oxygen atoms in total. The van der Waals surface area contributed by atoms with Crippen LogP contribution in [0.25, 0.3) is 0 Å². The largest absolute Gasteiger partial charge is 0.361 e. The molecule has 1 rings (SSSR count). The van der Waals surface area contributed by atoms with Crippen LogP contribution in [0.5, 0.6) is 0 Å². The normalized spacial score (nSPS) is 9.64. The van der Waals surface area contributed by atoms with Gasteiger partial charge in [-0.05, 0) is 13.2 Å². The number of nitrogens with zero attached hydrogens (tertiary/aromatic N) is 4. The van der Waals surface area contributed by atoms with Gasteiger partial charge in [-0.25, -0.2) is 9.97 Å². The van der Waals surface area contributed by atoms with Gasteiger partial charge < -0.3 is 4.90 Å². The Morgan fingerprint density at radius 2 is 2.00 bits per heavy atom. The van der Waals surface area contributed by atoms with Crippen molar-refractivity contribution in [3.05, 3.63) is 11.4 Å². The molecule has 0 aliphatic heterocycles. The minimum absolute atomic E-state index is 0.549. The first kappa shape index (κ1) is 10.8. The van der Waals surface area contributed by atoms with E-state index in [1.165, 1.54) is 11.8 Å². The molecule has 1 heterocycles. The molecule has 0 aliphatic rings. The number of thioether (sulfide) groups is 1. The van der Waals surface area contributed by atoms with Gasteiger partial charge in [0.25, 0.3) is 0 Å². The molecule has 0 radical (unpaired) electrons. The Balaban J connectivity index is 3.41. The molecule has 0 atom stereocenters. The van der Waals surface area contributed by atoms with Crippen molar-refractivity contribution in [1.29, 1.82) is 5.26 Å². The van der Waals surface area contributed by atoms with Crippen LogP contribution in [-0.4, -0.2) is 30.3 Å². The Labute approximate surface area is 88.0 Å². The van der Waals surface area contributed by atoms with Gasteiger partial charge in [0.1, 0.15) is 22.5 Å². The maximum Gasteiger partial charge on any atom is 0.150 e. The Morgan fingerprint density at radius 3 is 2.43 bits per heavy atom. The molecule has 0 N–H and O–H groups in total. The summed E-state index contributed by atoms with van der Waals surface area (Å²) in [4.78, 5) is 10.3. The molecule has 0 amide bonds. The molecule has 5 heteroatoms. The lowest BCUT2D eigenvalue weighted by molar-refractivity contribution is 0.922. The SMILES string of the molecule is CSc1nc(C)nc(N(C)C)c1C#N. The number of aromatic nitrogens is 2. The molecule has 14 heavy (non-hydrogen) atoms. The third-order valence-corrected chi connectivity index (χ3v) is 2.38. The third kappa shape index (κ3) is 1.96. The molecule has 0 aliphatic carbocycles. The molecule has 0 spiro atoms. The van der Waals surface area contributed by atoms with Gasteiger partial charge in [-0.3, -0.25) is 0 Å². The van der Waals surface area contributed by atoms with E-state index >= 15 is 0 Å². The van der Waals surface area contributed by atoms with E-state index in [0.717, 1.165) is 5.03 Å². The van der Waals surface area contributed by atoms with E-state index in [0.29, 0.717) is 17.2 Å². The number of hydrogen-bond donors (Lipinski definition) is 0. The molecule has 1 aromatic rings. The molecule has 0 saturated carbocycles. The lowest BCUT2D eigenvalue weighted by atomic mass is 10.3. The van der Waals surface area contributed by atoms with Crippen molar-refractivity contribution in [3.63, 3.8) is 0 Å². The summed E-state index contributed by atoms with van der Waals surface area (Å²) in [5, 5.41) is 9.74. The van der Waals surface area contributed by atoms with Crippen molar-refractivity contribution in [2.75, 3.05) is 25.3 Å². The van der Waals surface area contributed by atoms with E-state index in [1.54, 1.807) is 0 Å². The highest BCUT2D eigenvalue weighted by Crippen LogP contribution is 2.24. The number of hydrogen-bond acceptors (Lipinski definition) is 5. The van der Waals surface area contributed by atoms with Crippen LogP contribution in [0.1, 0.15) is 11.4 Å². The number of rotatable bonds is 2. The fraction of sp³-hybridized carbons (Fsp3) is 0.444. The first-order valence-corrected chi connectivity index (χ1v) is 5.32. The zero-order valence-corrected chi connectivity index (χ0v) is 9.51. The van der Waals surface area contributed by atoms with E-state index in [9.17, 15) is 0 Å². The molecule has 0 aromatic carbocycles. The minimum atomic E-state index is 0.549. The van der Waals surface area contributed by atoms with Crippen molar-refractivity contribution in [2.24, 2.45) is 0 Å². The number of anilines is 1. The highest BCUT2D eigenvalue weighted by molar-refractivity contribution is 7.98. The van der Waals surface area contributed by atoms with Gasteiger partial charge >= 0.3 is 0 Å². The molecule has 0 bridgehead atoms. The summed E-state index contributed by atoms with van der Waals surface area (Å²) in [7, 11) is 3.74. The molecule has 1 aromatic heterocycles. The van der Waals surface area contributed by atoms with Gasteiger partial charge in [0.15, 0.2) is 5.82 Å². The van der Waals surface area contributed by atoms with Gasteiger partial charge in [0.2, 0.25) is 0 Å². The third-order valence-electron chi connectivity index (χ3n) is 1.70. The van der Waals surface area contributed by atoms with Crippen LogP contribution in [0, 0.1) is 18.3 Å². The number of nitriles is 1. The Bertz CT molecular complexity index is 381.